The minimum Gasteiger partial charge on any atom is -0.406 e. The van der Waals surface area contributed by atoms with E-state index < -0.39 is 31.1 Å². The van der Waals surface area contributed by atoms with E-state index in [9.17, 15) is 19.7 Å². The van der Waals surface area contributed by atoms with Crippen molar-refractivity contribution in [1.29, 1.82) is 5.41 Å². The maximum atomic E-state index is 13.3. The van der Waals surface area contributed by atoms with E-state index in [1.165, 1.54) is 29.4 Å². The molecule has 4 N–H and O–H groups in total. The van der Waals surface area contributed by atoms with Crippen molar-refractivity contribution in [1.82, 2.24) is 19.3 Å². The predicted octanol–water partition coefficient (Wildman–Crippen LogP) is -0.908. The van der Waals surface area contributed by atoms with Crippen molar-refractivity contribution in [3.8, 4) is 0 Å². The number of halogens is 1. The van der Waals surface area contributed by atoms with E-state index in [1.807, 2.05) is 0 Å². The average Bonchev–Trinajstić information content (AvgIpc) is 3.23. The molecule has 1 saturated heterocycles. The Hall–Kier alpha value is -2.86. The third-order valence-electron chi connectivity index (χ3n) is 4.55. The molecule has 0 bridgehead atoms. The maximum absolute atomic E-state index is 13.3. The summed E-state index contributed by atoms with van der Waals surface area (Å²) >= 11 is 0. The first-order valence-corrected chi connectivity index (χ1v) is 8.48. The van der Waals surface area contributed by atoms with Crippen LogP contribution in [0.15, 0.2) is 36.9 Å². The van der Waals surface area contributed by atoms with Crippen molar-refractivity contribution in [2.24, 2.45) is 0 Å². The highest BCUT2D eigenvalue weighted by Crippen LogP contribution is 2.30. The third kappa shape index (κ3) is 3.14. The van der Waals surface area contributed by atoms with E-state index in [2.05, 4.69) is 9.97 Å². The van der Waals surface area contributed by atoms with Crippen molar-refractivity contribution in [2.75, 3.05) is 6.61 Å². The van der Waals surface area contributed by atoms with E-state index >= 15 is 0 Å². The molecule has 148 valence electrons. The van der Waals surface area contributed by atoms with Crippen LogP contribution in [0.4, 0.5) is 4.39 Å². The number of aliphatic hydroxyl groups excluding tert-OH is 3. The Labute approximate surface area is 157 Å². The van der Waals surface area contributed by atoms with Crippen LogP contribution in [0.3, 0.4) is 0 Å². The molecule has 4 rings (SSSR count). The van der Waals surface area contributed by atoms with E-state index in [-0.39, 0.29) is 29.1 Å². The number of nitrogens with one attached hydrogen (secondary N) is 1. The van der Waals surface area contributed by atoms with Gasteiger partial charge in [0, 0.05) is 0 Å². The summed E-state index contributed by atoms with van der Waals surface area (Å²) in [6, 6.07) is 5.90. The second-order valence-electron chi connectivity index (χ2n) is 6.38. The lowest BCUT2D eigenvalue weighted by molar-refractivity contribution is -0.0511. The first-order chi connectivity index (χ1) is 13.5. The molecule has 0 radical (unpaired) electrons. The normalized spacial score (nSPS) is 24.7. The molecule has 10 nitrogen and oxygen atoms in total. The van der Waals surface area contributed by atoms with Gasteiger partial charge in [0.05, 0.1) is 12.9 Å². The van der Waals surface area contributed by atoms with Crippen molar-refractivity contribution >= 4 is 11.2 Å². The minimum atomic E-state index is -1.29. The highest BCUT2D eigenvalue weighted by Gasteiger charge is 2.44. The Morgan fingerprint density at radius 1 is 1.21 bits per heavy atom. The summed E-state index contributed by atoms with van der Waals surface area (Å²) < 4.78 is 21.2. The van der Waals surface area contributed by atoms with Gasteiger partial charge in [0.25, 0.3) is 0 Å². The summed E-state index contributed by atoms with van der Waals surface area (Å²) in [4.78, 5) is 13.8. The number of hydrogen-bond donors (Lipinski definition) is 4. The summed E-state index contributed by atoms with van der Waals surface area (Å²) in [5.41, 5.74) is 0.904. The molecule has 3 aromatic rings. The molecule has 11 heteroatoms. The zero-order chi connectivity index (χ0) is 19.8. The number of imidazole rings is 1. The molecule has 1 fully saturated rings. The Balaban J connectivity index is 1.60. The second kappa shape index (κ2) is 7.28. The van der Waals surface area contributed by atoms with Gasteiger partial charge in [-0.25, -0.2) is 14.4 Å². The number of fused-ring (bicyclic) bond motifs is 1. The fraction of sp³-hybridized carbons (Fsp3) is 0.353. The number of rotatable bonds is 5. The molecule has 1 aromatic carbocycles. The molecular weight excluding hydrogens is 373 g/mol. The largest absolute Gasteiger partial charge is 0.406 e. The van der Waals surface area contributed by atoms with Crippen LogP contribution < -0.4 is 10.3 Å². The van der Waals surface area contributed by atoms with Gasteiger partial charge in [-0.3, -0.25) is 9.98 Å². The highest BCUT2D eigenvalue weighted by atomic mass is 19.1. The molecule has 1 aliphatic heterocycles. The molecule has 28 heavy (non-hydrogen) atoms. The van der Waals surface area contributed by atoms with Gasteiger partial charge in [-0.2, -0.15) is 4.73 Å². The predicted molar refractivity (Wildman–Crippen MR) is 91.1 cm³/mol. The van der Waals surface area contributed by atoms with E-state index in [4.69, 9.17) is 15.0 Å². The van der Waals surface area contributed by atoms with Gasteiger partial charge >= 0.3 is 0 Å². The Bertz CT molecular complexity index is 1050. The Morgan fingerprint density at radius 3 is 2.75 bits per heavy atom. The highest BCUT2D eigenvalue weighted by molar-refractivity contribution is 5.68. The minimum absolute atomic E-state index is 0.0248. The number of nitrogens with zero attached hydrogens (tertiary/aromatic N) is 4. The molecule has 0 unspecified atom stereocenters. The maximum Gasteiger partial charge on any atom is 0.192 e. The molecule has 0 saturated carbocycles. The fourth-order valence-electron chi connectivity index (χ4n) is 3.08. The van der Waals surface area contributed by atoms with Crippen molar-refractivity contribution in [3.63, 3.8) is 0 Å². The van der Waals surface area contributed by atoms with Crippen molar-refractivity contribution in [2.45, 2.75) is 31.1 Å². The number of hydrogen-bond acceptors (Lipinski definition) is 8. The fourth-order valence-corrected chi connectivity index (χ4v) is 3.08. The van der Waals surface area contributed by atoms with Crippen LogP contribution in [0.25, 0.3) is 11.2 Å². The molecule has 4 atom stereocenters. The number of ether oxygens (including phenoxy) is 1. The second-order valence-corrected chi connectivity index (χ2v) is 6.38. The lowest BCUT2D eigenvalue weighted by Gasteiger charge is -2.16. The lowest BCUT2D eigenvalue weighted by atomic mass is 10.1. The van der Waals surface area contributed by atoms with Crippen LogP contribution in [0.2, 0.25) is 0 Å². The van der Waals surface area contributed by atoms with Crippen LogP contribution in [-0.4, -0.2) is 59.5 Å². The van der Waals surface area contributed by atoms with Gasteiger partial charge in [-0.1, -0.05) is 12.1 Å². The lowest BCUT2D eigenvalue weighted by Crippen LogP contribution is -2.33. The van der Waals surface area contributed by atoms with Crippen LogP contribution in [0, 0.1) is 11.2 Å². The van der Waals surface area contributed by atoms with E-state index in [0.717, 1.165) is 4.73 Å². The molecule has 2 aromatic heterocycles. The first-order valence-electron chi connectivity index (χ1n) is 8.48. The van der Waals surface area contributed by atoms with Gasteiger partial charge < -0.3 is 24.9 Å². The standard InChI is InChI=1S/C17H18FN5O5/c18-10-3-1-2-9(4-10)6-27-23-8-21-16-12(15(23)19)20-7-22(16)17-14(26)13(25)11(5-24)28-17/h1-4,7-8,11,13-14,17,19,24-26H,5-6H2/t11-,13-,14-,17-/m1/s1. The summed E-state index contributed by atoms with van der Waals surface area (Å²) in [5, 5.41) is 37.6. The van der Waals surface area contributed by atoms with Crippen molar-refractivity contribution in [3.05, 3.63) is 53.8 Å². The van der Waals surface area contributed by atoms with Gasteiger partial charge in [0.1, 0.15) is 37.1 Å². The Morgan fingerprint density at radius 2 is 2.04 bits per heavy atom. The van der Waals surface area contributed by atoms with Gasteiger partial charge in [0.15, 0.2) is 22.9 Å². The van der Waals surface area contributed by atoms with Crippen LogP contribution in [0.5, 0.6) is 0 Å². The van der Waals surface area contributed by atoms with Gasteiger partial charge in [-0.05, 0) is 17.7 Å². The number of benzene rings is 1. The first kappa shape index (κ1) is 18.5. The van der Waals surface area contributed by atoms with E-state index in [0.29, 0.717) is 5.56 Å². The molecular formula is C17H18FN5O5. The zero-order valence-electron chi connectivity index (χ0n) is 14.5. The van der Waals surface area contributed by atoms with Crippen LogP contribution in [-0.2, 0) is 11.3 Å². The average molecular weight is 391 g/mol. The van der Waals surface area contributed by atoms with Crippen LogP contribution >= 0.6 is 0 Å². The summed E-state index contributed by atoms with van der Waals surface area (Å²) in [6.45, 7) is -0.427. The molecule has 0 amide bonds. The summed E-state index contributed by atoms with van der Waals surface area (Å²) in [7, 11) is 0. The molecule has 0 spiro atoms. The van der Waals surface area contributed by atoms with Gasteiger partial charge in [0.2, 0.25) is 0 Å². The molecule has 3 heterocycles. The van der Waals surface area contributed by atoms with E-state index in [1.54, 1.807) is 12.1 Å². The molecule has 0 aliphatic carbocycles. The smallest absolute Gasteiger partial charge is 0.192 e. The van der Waals surface area contributed by atoms with Gasteiger partial charge in [-0.15, -0.1) is 0 Å². The molecule has 1 aliphatic rings. The zero-order valence-corrected chi connectivity index (χ0v) is 14.5. The summed E-state index contributed by atoms with van der Waals surface area (Å²) in [6.07, 6.45) is -1.91. The monoisotopic (exact) mass is 391 g/mol. The van der Waals surface area contributed by atoms with Crippen LogP contribution in [0.1, 0.15) is 11.8 Å². The quantitative estimate of drug-likeness (QED) is 0.442. The third-order valence-corrected chi connectivity index (χ3v) is 4.55. The number of aliphatic hydroxyl groups is 3. The number of aromatic nitrogens is 4. The van der Waals surface area contributed by atoms with Crippen molar-refractivity contribution < 1.29 is 29.3 Å². The summed E-state index contributed by atoms with van der Waals surface area (Å²) in [5.74, 6) is -0.386. The SMILES string of the molecule is N=c1c2ncn([C@@H]3O[C@H](CO)[C@@H](O)[C@H]3O)c2ncn1OCc1cccc(F)c1. The topological polar surface area (TPSA) is 139 Å². The Kier molecular flexibility index (Phi) is 4.81.